The molecule has 3 unspecified atom stereocenters. The summed E-state index contributed by atoms with van der Waals surface area (Å²) < 4.78 is 43.4. The molecular formula is C18H17Br2N. The first-order valence-corrected chi connectivity index (χ1v) is 8.11. The monoisotopic (exact) mass is 410 g/mol. The van der Waals surface area contributed by atoms with Crippen molar-refractivity contribution >= 4 is 43.2 Å². The van der Waals surface area contributed by atoms with Crippen LogP contribution in [0.4, 0.5) is 11.4 Å². The molecule has 0 aliphatic heterocycles. The zero-order chi connectivity index (χ0) is 19.2. The van der Waals surface area contributed by atoms with Crippen LogP contribution >= 0.6 is 31.9 Å². The second-order valence-corrected chi connectivity index (χ2v) is 6.31. The second kappa shape index (κ2) is 6.80. The van der Waals surface area contributed by atoms with Crippen LogP contribution in [-0.2, 0) is 0 Å². The molecule has 2 aromatic carbocycles. The lowest BCUT2D eigenvalue weighted by atomic mass is 9.99. The number of halogens is 2. The van der Waals surface area contributed by atoms with Gasteiger partial charge in [0.15, 0.2) is 0 Å². The quantitative estimate of drug-likeness (QED) is 0.557. The highest BCUT2D eigenvalue weighted by Gasteiger charge is 2.26. The molecular weight excluding hydrogens is 390 g/mol. The third kappa shape index (κ3) is 3.58. The van der Waals surface area contributed by atoms with E-state index in [1.54, 1.807) is 29.2 Å². The summed E-state index contributed by atoms with van der Waals surface area (Å²) in [5.41, 5.74) is 1.25. The standard InChI is InChI=1S/C18H17Br2N/c19-14-11-15(20)13-18(12-14)21(16-7-3-1-4-8-16)17-9-5-2-6-10-17/h1-10,12,15,18H,11,13H2/i11D,13D2,15D,18D. The molecule has 0 radical (unpaired) electrons. The summed E-state index contributed by atoms with van der Waals surface area (Å²) in [7, 11) is 0. The predicted molar refractivity (Wildman–Crippen MR) is 97.8 cm³/mol. The van der Waals surface area contributed by atoms with Crippen molar-refractivity contribution in [2.24, 2.45) is 0 Å². The van der Waals surface area contributed by atoms with Gasteiger partial charge in [-0.3, -0.25) is 0 Å². The van der Waals surface area contributed by atoms with Gasteiger partial charge >= 0.3 is 0 Å². The molecule has 0 N–H and O–H groups in total. The SMILES string of the molecule is [2H]C1C(Br)=CC([2H])(N(c2ccccc2)c2ccccc2)C([2H])([2H])C1([2H])Br. The molecule has 0 aromatic heterocycles. The van der Waals surface area contributed by atoms with Crippen LogP contribution in [0.15, 0.2) is 71.2 Å². The van der Waals surface area contributed by atoms with Crippen molar-refractivity contribution in [2.75, 3.05) is 4.90 Å². The van der Waals surface area contributed by atoms with Gasteiger partial charge in [0.1, 0.15) is 0 Å². The first-order chi connectivity index (χ1) is 12.1. The Kier molecular flexibility index (Phi) is 3.19. The number of hydrogen-bond acceptors (Lipinski definition) is 1. The van der Waals surface area contributed by atoms with E-state index in [1.165, 1.54) is 6.08 Å². The number of hydrogen-bond donors (Lipinski definition) is 0. The molecule has 3 atom stereocenters. The molecule has 0 spiro atoms. The molecule has 0 fully saturated rings. The lowest BCUT2D eigenvalue weighted by Crippen LogP contribution is -2.34. The maximum Gasteiger partial charge on any atom is 0.0580 e. The van der Waals surface area contributed by atoms with Gasteiger partial charge < -0.3 is 4.90 Å². The van der Waals surface area contributed by atoms with Crippen molar-refractivity contribution in [3.8, 4) is 0 Å². The first kappa shape index (κ1) is 9.86. The molecule has 0 amide bonds. The third-order valence-corrected chi connectivity index (χ3v) is 3.94. The zero-order valence-corrected chi connectivity index (χ0v) is 14.3. The van der Waals surface area contributed by atoms with Crippen LogP contribution in [0.1, 0.15) is 19.6 Å². The molecule has 0 saturated carbocycles. The van der Waals surface area contributed by atoms with Crippen molar-refractivity contribution < 1.29 is 6.85 Å². The number of alkyl halides is 1. The summed E-state index contributed by atoms with van der Waals surface area (Å²) in [5, 5.41) is 0. The molecule has 1 nitrogen and oxygen atoms in total. The maximum atomic E-state index is 9.14. The summed E-state index contributed by atoms with van der Waals surface area (Å²) in [6.45, 7) is 0. The summed E-state index contributed by atoms with van der Waals surface area (Å²) >= 11 is 6.38. The Morgan fingerprint density at radius 3 is 2.05 bits per heavy atom. The number of allylic oxidation sites excluding steroid dienone is 1. The summed E-state index contributed by atoms with van der Waals surface area (Å²) in [5.74, 6) is 0. The van der Waals surface area contributed by atoms with Crippen molar-refractivity contribution in [3.63, 3.8) is 0 Å². The minimum Gasteiger partial charge on any atom is -0.334 e. The molecule has 21 heavy (non-hydrogen) atoms. The van der Waals surface area contributed by atoms with Crippen molar-refractivity contribution in [3.05, 3.63) is 71.2 Å². The topological polar surface area (TPSA) is 3.24 Å². The van der Waals surface area contributed by atoms with Gasteiger partial charge in [-0.15, -0.1) is 0 Å². The Balaban J connectivity index is 2.29. The lowest BCUT2D eigenvalue weighted by Gasteiger charge is -2.35. The fourth-order valence-electron chi connectivity index (χ4n) is 2.19. The Labute approximate surface area is 150 Å². The van der Waals surface area contributed by atoms with Gasteiger partial charge in [-0.1, -0.05) is 74.3 Å². The van der Waals surface area contributed by atoms with Crippen LogP contribution in [0, 0.1) is 0 Å². The van der Waals surface area contributed by atoms with Gasteiger partial charge in [0.2, 0.25) is 0 Å². The van der Waals surface area contributed by atoms with Gasteiger partial charge in [-0.2, -0.15) is 0 Å². The van der Waals surface area contributed by atoms with E-state index in [0.717, 1.165) is 0 Å². The largest absolute Gasteiger partial charge is 0.334 e. The molecule has 0 saturated heterocycles. The number of para-hydroxylation sites is 2. The summed E-state index contributed by atoms with van der Waals surface area (Å²) in [4.78, 5) is -0.443. The van der Waals surface area contributed by atoms with Gasteiger partial charge in [0, 0.05) is 21.7 Å². The first-order valence-electron chi connectivity index (χ1n) is 9.10. The van der Waals surface area contributed by atoms with Crippen LogP contribution in [0.25, 0.3) is 0 Å². The fraction of sp³-hybridized carbons (Fsp3) is 0.222. The maximum absolute atomic E-state index is 9.14. The molecule has 1 aliphatic rings. The highest BCUT2D eigenvalue weighted by Crippen LogP contribution is 2.36. The Bertz CT molecular complexity index is 773. The average Bonchev–Trinajstić information content (AvgIpc) is 2.61. The summed E-state index contributed by atoms with van der Waals surface area (Å²) in [6, 6.07) is 16.2. The van der Waals surface area contributed by atoms with Gasteiger partial charge in [0.25, 0.3) is 0 Å². The van der Waals surface area contributed by atoms with E-state index in [9.17, 15) is 0 Å². The van der Waals surface area contributed by atoms with Crippen LogP contribution < -0.4 is 4.90 Å². The number of anilines is 2. The highest BCUT2D eigenvalue weighted by atomic mass is 79.9. The smallest absolute Gasteiger partial charge is 0.0580 e. The average molecular weight is 412 g/mol. The van der Waals surface area contributed by atoms with E-state index in [0.29, 0.717) is 15.9 Å². The molecule has 2 aromatic rings. The normalized spacial score (nSPS) is 38.1. The van der Waals surface area contributed by atoms with Crippen molar-refractivity contribution in [1.29, 1.82) is 0 Å². The van der Waals surface area contributed by atoms with E-state index >= 15 is 0 Å². The number of benzene rings is 2. The number of nitrogens with zero attached hydrogens (tertiary/aromatic N) is 1. The van der Waals surface area contributed by atoms with Gasteiger partial charge in [0.05, 0.1) is 7.39 Å². The molecule has 0 bridgehead atoms. The molecule has 3 rings (SSSR count). The van der Waals surface area contributed by atoms with Crippen LogP contribution in [0.5, 0.6) is 0 Å². The summed E-state index contributed by atoms with van der Waals surface area (Å²) in [6.07, 6.45) is -2.21. The third-order valence-electron chi connectivity index (χ3n) is 3.06. The molecule has 0 heterocycles. The Morgan fingerprint density at radius 1 is 1.00 bits per heavy atom. The van der Waals surface area contributed by atoms with Gasteiger partial charge in [-0.25, -0.2) is 0 Å². The minimum absolute atomic E-state index is 0.298. The highest BCUT2D eigenvalue weighted by molar-refractivity contribution is 9.12. The van der Waals surface area contributed by atoms with Gasteiger partial charge in [-0.05, 0) is 41.5 Å². The van der Waals surface area contributed by atoms with Crippen LogP contribution in [-0.4, -0.2) is 10.8 Å². The van der Waals surface area contributed by atoms with Crippen LogP contribution in [0.2, 0.25) is 0 Å². The second-order valence-electron chi connectivity index (χ2n) is 4.54. The fourth-order valence-corrected chi connectivity index (χ4v) is 3.39. The molecule has 108 valence electrons. The lowest BCUT2D eigenvalue weighted by molar-refractivity contribution is 0.647. The van der Waals surface area contributed by atoms with Crippen molar-refractivity contribution in [2.45, 2.75) is 23.6 Å². The van der Waals surface area contributed by atoms with Crippen molar-refractivity contribution in [1.82, 2.24) is 0 Å². The Hall–Kier alpha value is -1.06. The minimum atomic E-state index is -2.41. The number of rotatable bonds is 3. The Morgan fingerprint density at radius 2 is 1.52 bits per heavy atom. The van der Waals surface area contributed by atoms with Crippen LogP contribution in [0.3, 0.4) is 0 Å². The molecule has 1 aliphatic carbocycles. The molecule has 3 heteroatoms. The van der Waals surface area contributed by atoms with E-state index in [-0.39, 0.29) is 0 Å². The van der Waals surface area contributed by atoms with E-state index in [4.69, 9.17) is 6.85 Å². The van der Waals surface area contributed by atoms with E-state index in [1.807, 2.05) is 36.4 Å². The zero-order valence-electron chi connectivity index (χ0n) is 16.1. The van der Waals surface area contributed by atoms with E-state index < -0.39 is 23.6 Å². The predicted octanol–water partition coefficient (Wildman–Crippen LogP) is 6.03. The van der Waals surface area contributed by atoms with E-state index in [2.05, 4.69) is 31.9 Å².